The molecule has 7 nitrogen and oxygen atoms in total. The highest BCUT2D eigenvalue weighted by Gasteiger charge is 2.20. The van der Waals surface area contributed by atoms with Gasteiger partial charge in [-0.1, -0.05) is 60.7 Å². The Bertz CT molecular complexity index is 939. The van der Waals surface area contributed by atoms with Crippen molar-refractivity contribution in [2.45, 2.75) is 6.54 Å². The number of esters is 1. The van der Waals surface area contributed by atoms with Crippen molar-refractivity contribution in [3.8, 4) is 11.3 Å². The summed E-state index contributed by atoms with van der Waals surface area (Å²) in [7, 11) is 1.55. The van der Waals surface area contributed by atoms with Gasteiger partial charge in [-0.15, -0.1) is 0 Å². The number of rotatable bonds is 9. The summed E-state index contributed by atoms with van der Waals surface area (Å²) in [6.07, 6.45) is 1.65. The van der Waals surface area contributed by atoms with Gasteiger partial charge in [-0.2, -0.15) is 5.10 Å². The van der Waals surface area contributed by atoms with E-state index in [1.807, 2.05) is 60.7 Å². The molecule has 1 N–H and O–H groups in total. The van der Waals surface area contributed by atoms with Crippen molar-refractivity contribution >= 4 is 11.9 Å². The van der Waals surface area contributed by atoms with Crippen molar-refractivity contribution in [2.75, 3.05) is 26.9 Å². The van der Waals surface area contributed by atoms with Crippen LogP contribution in [0.15, 0.2) is 66.9 Å². The lowest BCUT2D eigenvalue weighted by molar-refractivity contribution is -0.124. The second-order valence-corrected chi connectivity index (χ2v) is 6.36. The van der Waals surface area contributed by atoms with Crippen molar-refractivity contribution in [1.82, 2.24) is 15.1 Å². The Morgan fingerprint density at radius 2 is 1.72 bits per heavy atom. The van der Waals surface area contributed by atoms with E-state index in [2.05, 4.69) is 10.4 Å². The Balaban J connectivity index is 1.76. The number of carbonyl (C=O) groups excluding carboxylic acids is 2. The molecule has 1 heterocycles. The molecule has 0 aliphatic heterocycles. The maximum absolute atomic E-state index is 12.7. The minimum Gasteiger partial charge on any atom is -0.452 e. The summed E-state index contributed by atoms with van der Waals surface area (Å²) in [6.45, 7) is 0.910. The Labute approximate surface area is 169 Å². The lowest BCUT2D eigenvalue weighted by Crippen LogP contribution is -2.31. The number of benzene rings is 2. The second kappa shape index (κ2) is 10.2. The molecular weight excluding hydrogens is 370 g/mol. The predicted octanol–water partition coefficient (Wildman–Crippen LogP) is 2.52. The highest BCUT2D eigenvalue weighted by Crippen LogP contribution is 2.23. The molecule has 29 heavy (non-hydrogen) atoms. The van der Waals surface area contributed by atoms with E-state index in [4.69, 9.17) is 9.47 Å². The highest BCUT2D eigenvalue weighted by atomic mass is 16.5. The monoisotopic (exact) mass is 393 g/mol. The van der Waals surface area contributed by atoms with Crippen LogP contribution in [0.1, 0.15) is 15.9 Å². The van der Waals surface area contributed by atoms with E-state index >= 15 is 0 Å². The normalized spacial score (nSPS) is 10.5. The van der Waals surface area contributed by atoms with Crippen molar-refractivity contribution in [2.24, 2.45) is 0 Å². The third kappa shape index (κ3) is 5.76. The Morgan fingerprint density at radius 1 is 1.03 bits per heavy atom. The van der Waals surface area contributed by atoms with Gasteiger partial charge in [-0.05, 0) is 5.56 Å². The Hall–Kier alpha value is -3.45. The molecule has 0 saturated carbocycles. The highest BCUT2D eigenvalue weighted by molar-refractivity contribution is 5.97. The van der Waals surface area contributed by atoms with Crippen LogP contribution in [0, 0.1) is 0 Å². The van der Waals surface area contributed by atoms with Gasteiger partial charge < -0.3 is 14.8 Å². The third-order valence-corrected chi connectivity index (χ3v) is 4.18. The van der Waals surface area contributed by atoms with Crippen molar-refractivity contribution in [3.05, 3.63) is 78.0 Å². The summed E-state index contributed by atoms with van der Waals surface area (Å²) >= 11 is 0. The molecular formula is C22H23N3O4. The molecule has 150 valence electrons. The van der Waals surface area contributed by atoms with Crippen LogP contribution in [-0.4, -0.2) is 48.5 Å². The number of carbonyl (C=O) groups is 2. The SMILES string of the molecule is COCCNC(=O)COC(=O)c1cn(Cc2ccccc2)nc1-c1ccccc1. The molecule has 0 bridgehead atoms. The van der Waals surface area contributed by atoms with Crippen molar-refractivity contribution < 1.29 is 19.1 Å². The van der Waals surface area contributed by atoms with Gasteiger partial charge in [0, 0.05) is 25.4 Å². The quantitative estimate of drug-likeness (QED) is 0.446. The summed E-state index contributed by atoms with van der Waals surface area (Å²) in [5.74, 6) is -0.974. The van der Waals surface area contributed by atoms with E-state index in [-0.39, 0.29) is 12.5 Å². The molecule has 0 saturated heterocycles. The molecule has 0 fully saturated rings. The predicted molar refractivity (Wildman–Crippen MR) is 108 cm³/mol. The van der Waals surface area contributed by atoms with Crippen LogP contribution in [0.5, 0.6) is 0 Å². The summed E-state index contributed by atoms with van der Waals surface area (Å²) < 4.78 is 11.8. The number of methoxy groups -OCH3 is 1. The summed E-state index contributed by atoms with van der Waals surface area (Å²) in [5, 5.41) is 7.20. The van der Waals surface area contributed by atoms with Gasteiger partial charge in [0.2, 0.25) is 0 Å². The van der Waals surface area contributed by atoms with E-state index in [1.165, 1.54) is 0 Å². The van der Waals surface area contributed by atoms with Crippen LogP contribution in [-0.2, 0) is 20.8 Å². The Kier molecular flexibility index (Phi) is 7.13. The van der Waals surface area contributed by atoms with E-state index in [9.17, 15) is 9.59 Å². The van der Waals surface area contributed by atoms with Gasteiger partial charge in [-0.3, -0.25) is 9.48 Å². The third-order valence-electron chi connectivity index (χ3n) is 4.18. The molecule has 0 aliphatic carbocycles. The molecule has 3 rings (SSSR count). The summed E-state index contributed by atoms with van der Waals surface area (Å²) in [6, 6.07) is 19.2. The average Bonchev–Trinajstić information content (AvgIpc) is 3.17. The second-order valence-electron chi connectivity index (χ2n) is 6.36. The topological polar surface area (TPSA) is 82.5 Å². The number of hydrogen-bond acceptors (Lipinski definition) is 5. The fourth-order valence-electron chi connectivity index (χ4n) is 2.78. The van der Waals surface area contributed by atoms with Crippen LogP contribution in [0.4, 0.5) is 0 Å². The standard InChI is InChI=1S/C22H23N3O4/c1-28-13-12-23-20(26)16-29-22(27)19-15-25(14-17-8-4-2-5-9-17)24-21(19)18-10-6-3-7-11-18/h2-11,15H,12-14,16H2,1H3,(H,23,26). The first-order chi connectivity index (χ1) is 14.2. The van der Waals surface area contributed by atoms with Crippen LogP contribution in [0.2, 0.25) is 0 Å². The molecule has 0 spiro atoms. The van der Waals surface area contributed by atoms with Crippen molar-refractivity contribution in [3.63, 3.8) is 0 Å². The van der Waals surface area contributed by atoms with E-state index in [1.54, 1.807) is 18.0 Å². The fraction of sp³-hybridized carbons (Fsp3) is 0.227. The number of amides is 1. The van der Waals surface area contributed by atoms with E-state index in [0.29, 0.717) is 31.0 Å². The minimum absolute atomic E-state index is 0.317. The molecule has 1 aromatic heterocycles. The van der Waals surface area contributed by atoms with Gasteiger partial charge >= 0.3 is 5.97 Å². The molecule has 2 aromatic carbocycles. The number of aromatic nitrogens is 2. The first-order valence-corrected chi connectivity index (χ1v) is 9.27. The smallest absolute Gasteiger partial charge is 0.342 e. The molecule has 0 atom stereocenters. The fourth-order valence-corrected chi connectivity index (χ4v) is 2.78. The summed E-state index contributed by atoms with van der Waals surface area (Å²) in [4.78, 5) is 24.4. The summed E-state index contributed by atoms with van der Waals surface area (Å²) in [5.41, 5.74) is 2.70. The zero-order valence-electron chi connectivity index (χ0n) is 16.2. The molecule has 0 aliphatic rings. The lowest BCUT2D eigenvalue weighted by Gasteiger charge is -2.06. The van der Waals surface area contributed by atoms with Gasteiger partial charge in [0.05, 0.1) is 13.2 Å². The van der Waals surface area contributed by atoms with Gasteiger partial charge in [0.15, 0.2) is 6.61 Å². The number of nitrogens with zero attached hydrogens (tertiary/aromatic N) is 2. The molecule has 1 amide bonds. The lowest BCUT2D eigenvalue weighted by atomic mass is 10.1. The number of ether oxygens (including phenoxy) is 2. The van der Waals surface area contributed by atoms with Gasteiger partial charge in [-0.25, -0.2) is 4.79 Å². The first-order valence-electron chi connectivity index (χ1n) is 9.27. The van der Waals surface area contributed by atoms with Crippen LogP contribution in [0.3, 0.4) is 0 Å². The van der Waals surface area contributed by atoms with Crippen molar-refractivity contribution in [1.29, 1.82) is 0 Å². The van der Waals surface area contributed by atoms with Gasteiger partial charge in [0.25, 0.3) is 5.91 Å². The number of nitrogens with one attached hydrogen (secondary N) is 1. The largest absolute Gasteiger partial charge is 0.452 e. The zero-order valence-corrected chi connectivity index (χ0v) is 16.2. The molecule has 3 aromatic rings. The van der Waals surface area contributed by atoms with Crippen LogP contribution in [0.25, 0.3) is 11.3 Å². The zero-order chi connectivity index (χ0) is 20.5. The van der Waals surface area contributed by atoms with E-state index < -0.39 is 5.97 Å². The average molecular weight is 393 g/mol. The maximum atomic E-state index is 12.7. The van der Waals surface area contributed by atoms with Gasteiger partial charge in [0.1, 0.15) is 11.3 Å². The van der Waals surface area contributed by atoms with Crippen LogP contribution < -0.4 is 5.32 Å². The van der Waals surface area contributed by atoms with Crippen LogP contribution >= 0.6 is 0 Å². The van der Waals surface area contributed by atoms with E-state index in [0.717, 1.165) is 11.1 Å². The first kappa shape index (κ1) is 20.3. The molecule has 0 unspecified atom stereocenters. The maximum Gasteiger partial charge on any atom is 0.342 e. The number of hydrogen-bond donors (Lipinski definition) is 1. The molecule has 7 heteroatoms. The minimum atomic E-state index is -0.593. The Morgan fingerprint density at radius 3 is 2.41 bits per heavy atom. The molecule has 0 radical (unpaired) electrons.